The molecule has 0 atom stereocenters. The first-order chi connectivity index (χ1) is 12.6. The topological polar surface area (TPSA) is 39.7 Å². The lowest BCUT2D eigenvalue weighted by atomic mass is 10.2. The van der Waals surface area contributed by atoms with Crippen LogP contribution in [-0.2, 0) is 17.9 Å². The van der Waals surface area contributed by atoms with Crippen molar-refractivity contribution in [2.45, 2.75) is 26.5 Å². The minimum absolute atomic E-state index is 0.269. The Morgan fingerprint density at radius 3 is 2.50 bits per heavy atom. The number of ether oxygens (including phenoxy) is 3. The van der Waals surface area contributed by atoms with Gasteiger partial charge in [-0.25, -0.2) is 4.39 Å². The van der Waals surface area contributed by atoms with Crippen molar-refractivity contribution in [1.82, 2.24) is 5.32 Å². The molecule has 0 aliphatic heterocycles. The van der Waals surface area contributed by atoms with E-state index >= 15 is 0 Å². The number of hydrogen-bond acceptors (Lipinski definition) is 4. The third-order valence-electron chi connectivity index (χ3n) is 3.74. The highest BCUT2D eigenvalue weighted by molar-refractivity contribution is 6.31. The van der Waals surface area contributed by atoms with E-state index in [0.717, 1.165) is 30.7 Å². The fourth-order valence-electron chi connectivity index (χ4n) is 2.40. The van der Waals surface area contributed by atoms with Crippen molar-refractivity contribution in [3.8, 4) is 11.5 Å². The monoisotopic (exact) mass is 381 g/mol. The summed E-state index contributed by atoms with van der Waals surface area (Å²) in [4.78, 5) is 0. The summed E-state index contributed by atoms with van der Waals surface area (Å²) in [5, 5.41) is 3.95. The van der Waals surface area contributed by atoms with Crippen LogP contribution in [0.3, 0.4) is 0 Å². The second-order valence-electron chi connectivity index (χ2n) is 5.76. The molecule has 0 amide bonds. The van der Waals surface area contributed by atoms with Gasteiger partial charge in [0.25, 0.3) is 0 Å². The molecule has 142 valence electrons. The molecule has 2 rings (SSSR count). The van der Waals surface area contributed by atoms with Crippen molar-refractivity contribution in [2.24, 2.45) is 0 Å². The van der Waals surface area contributed by atoms with Crippen LogP contribution in [0.5, 0.6) is 11.5 Å². The molecule has 0 saturated carbocycles. The van der Waals surface area contributed by atoms with E-state index in [1.54, 1.807) is 25.3 Å². The Bertz CT molecular complexity index is 680. The van der Waals surface area contributed by atoms with Crippen molar-refractivity contribution >= 4 is 11.6 Å². The van der Waals surface area contributed by atoms with E-state index in [2.05, 4.69) is 5.32 Å². The summed E-state index contributed by atoms with van der Waals surface area (Å²) in [5.41, 5.74) is 1.82. The van der Waals surface area contributed by atoms with Crippen LogP contribution in [0.25, 0.3) is 0 Å². The third kappa shape index (κ3) is 6.48. The Balaban J connectivity index is 2.03. The average Bonchev–Trinajstić information content (AvgIpc) is 2.64. The summed E-state index contributed by atoms with van der Waals surface area (Å²) in [6, 6.07) is 9.86. The second kappa shape index (κ2) is 11.0. The lowest BCUT2D eigenvalue weighted by Crippen LogP contribution is -2.16. The maximum Gasteiger partial charge on any atom is 0.163 e. The van der Waals surface area contributed by atoms with Gasteiger partial charge in [-0.2, -0.15) is 0 Å². The molecule has 0 aliphatic rings. The first kappa shape index (κ1) is 20.5. The standard InChI is InChI=1S/C20H25ClFNO3/c1-3-25-19-11-16(13-23-9-4-10-24-2)18(21)12-20(19)26-14-15-5-7-17(22)8-6-15/h5-8,11-12,23H,3-4,9-10,13-14H2,1-2H3. The van der Waals surface area contributed by atoms with Crippen LogP contribution in [0, 0.1) is 5.82 Å². The smallest absolute Gasteiger partial charge is 0.163 e. The van der Waals surface area contributed by atoms with E-state index < -0.39 is 0 Å². The fraction of sp³-hybridized carbons (Fsp3) is 0.400. The van der Waals surface area contributed by atoms with Crippen molar-refractivity contribution in [1.29, 1.82) is 0 Å². The van der Waals surface area contributed by atoms with Gasteiger partial charge in [-0.1, -0.05) is 23.7 Å². The molecule has 2 aromatic rings. The highest BCUT2D eigenvalue weighted by Gasteiger charge is 2.11. The van der Waals surface area contributed by atoms with E-state index in [-0.39, 0.29) is 5.82 Å². The molecule has 0 spiro atoms. The van der Waals surface area contributed by atoms with E-state index in [9.17, 15) is 4.39 Å². The Hall–Kier alpha value is -1.82. The largest absolute Gasteiger partial charge is 0.490 e. The van der Waals surface area contributed by atoms with Crippen LogP contribution in [0.2, 0.25) is 5.02 Å². The van der Waals surface area contributed by atoms with Gasteiger partial charge in [-0.3, -0.25) is 0 Å². The number of rotatable bonds is 11. The number of methoxy groups -OCH3 is 1. The summed E-state index contributed by atoms with van der Waals surface area (Å²) in [6.45, 7) is 4.96. The number of hydrogen-bond donors (Lipinski definition) is 1. The molecule has 4 nitrogen and oxygen atoms in total. The van der Waals surface area contributed by atoms with Crippen LogP contribution in [0.4, 0.5) is 4.39 Å². The predicted molar refractivity (Wildman–Crippen MR) is 102 cm³/mol. The molecule has 26 heavy (non-hydrogen) atoms. The lowest BCUT2D eigenvalue weighted by molar-refractivity contribution is 0.194. The van der Waals surface area contributed by atoms with Crippen LogP contribution in [0.15, 0.2) is 36.4 Å². The second-order valence-corrected chi connectivity index (χ2v) is 6.17. The van der Waals surface area contributed by atoms with Gasteiger partial charge in [0.15, 0.2) is 11.5 Å². The minimum Gasteiger partial charge on any atom is -0.490 e. The van der Waals surface area contributed by atoms with Gasteiger partial charge in [-0.15, -0.1) is 0 Å². The molecule has 0 radical (unpaired) electrons. The number of halogens is 2. The highest BCUT2D eigenvalue weighted by atomic mass is 35.5. The van der Waals surface area contributed by atoms with Crippen molar-refractivity contribution in [3.05, 3.63) is 58.4 Å². The quantitative estimate of drug-likeness (QED) is 0.578. The molecule has 0 unspecified atom stereocenters. The van der Waals surface area contributed by atoms with Gasteiger partial charge in [0.1, 0.15) is 12.4 Å². The van der Waals surface area contributed by atoms with Crippen molar-refractivity contribution in [2.75, 3.05) is 26.9 Å². The van der Waals surface area contributed by atoms with Crippen LogP contribution in [-0.4, -0.2) is 26.9 Å². The van der Waals surface area contributed by atoms with Gasteiger partial charge in [0.05, 0.1) is 6.61 Å². The number of nitrogens with one attached hydrogen (secondary N) is 1. The van der Waals surface area contributed by atoms with Gasteiger partial charge in [-0.05, 0) is 49.2 Å². The Labute approximate surface area is 159 Å². The van der Waals surface area contributed by atoms with Crippen LogP contribution < -0.4 is 14.8 Å². The van der Waals surface area contributed by atoms with Gasteiger partial charge < -0.3 is 19.5 Å². The highest BCUT2D eigenvalue weighted by Crippen LogP contribution is 2.34. The lowest BCUT2D eigenvalue weighted by Gasteiger charge is -2.15. The van der Waals surface area contributed by atoms with Gasteiger partial charge in [0.2, 0.25) is 0 Å². The summed E-state index contributed by atoms with van der Waals surface area (Å²) in [5.74, 6) is 0.950. The molecular formula is C20H25ClFNO3. The normalized spacial score (nSPS) is 10.8. The molecule has 0 saturated heterocycles. The molecule has 0 aromatic heterocycles. The molecule has 0 heterocycles. The third-order valence-corrected chi connectivity index (χ3v) is 4.09. The maximum atomic E-state index is 13.0. The molecule has 0 fully saturated rings. The average molecular weight is 382 g/mol. The zero-order chi connectivity index (χ0) is 18.8. The summed E-state index contributed by atoms with van der Waals surface area (Å²) >= 11 is 6.39. The molecule has 1 N–H and O–H groups in total. The Kier molecular flexibility index (Phi) is 8.68. The number of benzene rings is 2. The van der Waals surface area contributed by atoms with E-state index in [1.165, 1.54) is 12.1 Å². The predicted octanol–water partition coefficient (Wildman–Crippen LogP) is 4.58. The fourth-order valence-corrected chi connectivity index (χ4v) is 2.62. The van der Waals surface area contributed by atoms with Gasteiger partial charge in [0, 0.05) is 31.4 Å². The Morgan fingerprint density at radius 1 is 1.08 bits per heavy atom. The first-order valence-corrected chi connectivity index (χ1v) is 9.04. The zero-order valence-electron chi connectivity index (χ0n) is 15.2. The molecular weight excluding hydrogens is 357 g/mol. The molecule has 0 bridgehead atoms. The van der Waals surface area contributed by atoms with Crippen LogP contribution >= 0.6 is 11.6 Å². The summed E-state index contributed by atoms with van der Waals surface area (Å²) in [6.07, 6.45) is 0.936. The van der Waals surface area contributed by atoms with Crippen LogP contribution in [0.1, 0.15) is 24.5 Å². The summed E-state index contributed by atoms with van der Waals surface area (Å²) < 4.78 is 29.6. The van der Waals surface area contributed by atoms with Crippen molar-refractivity contribution in [3.63, 3.8) is 0 Å². The first-order valence-electron chi connectivity index (χ1n) is 8.66. The van der Waals surface area contributed by atoms with E-state index in [0.29, 0.717) is 36.3 Å². The Morgan fingerprint density at radius 2 is 1.81 bits per heavy atom. The zero-order valence-corrected chi connectivity index (χ0v) is 15.9. The molecule has 0 aliphatic carbocycles. The molecule has 6 heteroatoms. The SMILES string of the molecule is CCOc1cc(CNCCCOC)c(Cl)cc1OCc1ccc(F)cc1. The minimum atomic E-state index is -0.269. The van der Waals surface area contributed by atoms with Gasteiger partial charge >= 0.3 is 0 Å². The summed E-state index contributed by atoms with van der Waals surface area (Å²) in [7, 11) is 1.69. The van der Waals surface area contributed by atoms with E-state index in [1.807, 2.05) is 13.0 Å². The van der Waals surface area contributed by atoms with Crippen molar-refractivity contribution < 1.29 is 18.6 Å². The maximum absolute atomic E-state index is 13.0. The molecule has 2 aromatic carbocycles. The van der Waals surface area contributed by atoms with E-state index in [4.69, 9.17) is 25.8 Å².